The van der Waals surface area contributed by atoms with E-state index in [1.165, 1.54) is 6.07 Å². The first-order chi connectivity index (χ1) is 9.70. The first kappa shape index (κ1) is 15.6. The van der Waals surface area contributed by atoms with Gasteiger partial charge in [0.05, 0.1) is 10.5 Å². The van der Waals surface area contributed by atoms with Crippen molar-refractivity contribution in [3.8, 4) is 0 Å². The number of hydrogen-bond donors (Lipinski definition) is 1. The summed E-state index contributed by atoms with van der Waals surface area (Å²) in [4.78, 5) is 38.7. The lowest BCUT2D eigenvalue weighted by atomic mass is 10.2. The van der Waals surface area contributed by atoms with Crippen LogP contribution in [0.15, 0.2) is 27.6 Å². The molecular formula is C11H8BrNO7S. The van der Waals surface area contributed by atoms with Crippen molar-refractivity contribution < 1.29 is 32.2 Å². The lowest BCUT2D eigenvalue weighted by Gasteiger charge is -2.13. The summed E-state index contributed by atoms with van der Waals surface area (Å²) < 4.78 is 31.2. The first-order valence-corrected chi connectivity index (χ1v) is 7.78. The van der Waals surface area contributed by atoms with Crippen LogP contribution >= 0.6 is 15.9 Å². The van der Waals surface area contributed by atoms with Crippen molar-refractivity contribution in [1.82, 2.24) is 5.06 Å². The number of carbonyl (C=O) groups is 3. The average molecular weight is 378 g/mol. The van der Waals surface area contributed by atoms with Gasteiger partial charge in [0.25, 0.3) is 21.9 Å². The van der Waals surface area contributed by atoms with Crippen molar-refractivity contribution in [2.24, 2.45) is 0 Å². The minimum absolute atomic E-state index is 0.0572. The Hall–Kier alpha value is -1.78. The number of imide groups is 1. The molecule has 0 aliphatic carbocycles. The van der Waals surface area contributed by atoms with E-state index < -0.39 is 32.8 Å². The van der Waals surface area contributed by atoms with Crippen molar-refractivity contribution in [2.45, 2.75) is 17.7 Å². The zero-order valence-corrected chi connectivity index (χ0v) is 12.7. The highest BCUT2D eigenvalue weighted by atomic mass is 79.9. The molecule has 0 aromatic heterocycles. The van der Waals surface area contributed by atoms with Crippen LogP contribution in [0.3, 0.4) is 0 Å². The van der Waals surface area contributed by atoms with E-state index in [-0.39, 0.29) is 22.9 Å². The van der Waals surface area contributed by atoms with Gasteiger partial charge in [0.1, 0.15) is 0 Å². The number of amides is 2. The van der Waals surface area contributed by atoms with E-state index >= 15 is 0 Å². The van der Waals surface area contributed by atoms with E-state index in [9.17, 15) is 22.8 Å². The van der Waals surface area contributed by atoms with E-state index in [0.29, 0.717) is 5.06 Å². The Morgan fingerprint density at radius 1 is 1.24 bits per heavy atom. The molecule has 2 rings (SSSR count). The Kier molecular flexibility index (Phi) is 4.12. The topological polar surface area (TPSA) is 118 Å². The quantitative estimate of drug-likeness (QED) is 0.614. The first-order valence-electron chi connectivity index (χ1n) is 5.55. The molecule has 1 saturated heterocycles. The third-order valence-electron chi connectivity index (χ3n) is 2.64. The van der Waals surface area contributed by atoms with Gasteiger partial charge in [-0.2, -0.15) is 8.42 Å². The van der Waals surface area contributed by atoms with E-state index in [2.05, 4.69) is 20.8 Å². The number of carbonyl (C=O) groups excluding carboxylic acids is 3. The van der Waals surface area contributed by atoms with Crippen LogP contribution in [0, 0.1) is 0 Å². The van der Waals surface area contributed by atoms with Crippen LogP contribution in [0.2, 0.25) is 0 Å². The minimum Gasteiger partial charge on any atom is -0.325 e. The van der Waals surface area contributed by atoms with Gasteiger partial charge >= 0.3 is 5.97 Å². The molecule has 1 aliphatic heterocycles. The van der Waals surface area contributed by atoms with Gasteiger partial charge in [0.2, 0.25) is 0 Å². The highest BCUT2D eigenvalue weighted by Gasteiger charge is 2.33. The summed E-state index contributed by atoms with van der Waals surface area (Å²) in [5.74, 6) is -2.42. The fourth-order valence-electron chi connectivity index (χ4n) is 1.61. The number of rotatable bonds is 3. The van der Waals surface area contributed by atoms with Gasteiger partial charge in [-0.1, -0.05) is 0 Å². The van der Waals surface area contributed by atoms with E-state index in [1.54, 1.807) is 0 Å². The van der Waals surface area contributed by atoms with Crippen molar-refractivity contribution >= 4 is 43.8 Å². The summed E-state index contributed by atoms with van der Waals surface area (Å²) in [6, 6.07) is 3.16. The molecule has 0 bridgehead atoms. The molecule has 1 aromatic rings. The summed E-state index contributed by atoms with van der Waals surface area (Å²) >= 11 is 3.01. The molecule has 0 unspecified atom stereocenters. The predicted octanol–water partition coefficient (Wildman–Crippen LogP) is 0.917. The van der Waals surface area contributed by atoms with Crippen LogP contribution in [0.1, 0.15) is 23.2 Å². The maximum Gasteiger partial charge on any atom is 0.365 e. The van der Waals surface area contributed by atoms with E-state index in [0.717, 1.165) is 12.1 Å². The molecule has 0 atom stereocenters. The molecule has 112 valence electrons. The fraction of sp³-hybridized carbons (Fsp3) is 0.182. The Labute approximate surface area is 127 Å². The van der Waals surface area contributed by atoms with Gasteiger partial charge < -0.3 is 4.84 Å². The van der Waals surface area contributed by atoms with Crippen LogP contribution in [0.5, 0.6) is 0 Å². The number of hydroxylamine groups is 2. The zero-order chi connectivity index (χ0) is 15.8. The van der Waals surface area contributed by atoms with Crippen molar-refractivity contribution in [3.63, 3.8) is 0 Å². The second-order valence-corrected chi connectivity index (χ2v) is 6.35. The lowest BCUT2D eigenvalue weighted by molar-refractivity contribution is -0.172. The Bertz CT molecular complexity index is 727. The Balaban J connectivity index is 2.31. The molecule has 21 heavy (non-hydrogen) atoms. The van der Waals surface area contributed by atoms with Crippen LogP contribution in [-0.4, -0.2) is 35.8 Å². The second-order valence-electron chi connectivity index (χ2n) is 4.08. The molecule has 10 heteroatoms. The lowest BCUT2D eigenvalue weighted by Crippen LogP contribution is -2.32. The zero-order valence-electron chi connectivity index (χ0n) is 10.3. The predicted molar refractivity (Wildman–Crippen MR) is 70.5 cm³/mol. The molecule has 8 nitrogen and oxygen atoms in total. The molecule has 2 amide bonds. The molecule has 1 aliphatic rings. The van der Waals surface area contributed by atoms with E-state index in [4.69, 9.17) is 4.55 Å². The maximum atomic E-state index is 11.9. The average Bonchev–Trinajstić information content (AvgIpc) is 2.69. The third kappa shape index (κ3) is 3.28. The SMILES string of the molecule is O=C(ON1C(=O)CCC1=O)c1cc(S(=O)(=O)O)ccc1Br. The standard InChI is InChI=1S/C11H8BrNO7S/c12-8-2-1-6(21(17,18)19)5-7(8)11(16)20-13-9(14)3-4-10(13)15/h1-2,5H,3-4H2,(H,17,18,19). The smallest absolute Gasteiger partial charge is 0.325 e. The third-order valence-corrected chi connectivity index (χ3v) is 4.18. The molecule has 1 N–H and O–H groups in total. The summed E-state index contributed by atoms with van der Waals surface area (Å²) in [7, 11) is -4.50. The van der Waals surface area contributed by atoms with Crippen LogP contribution in [0.25, 0.3) is 0 Å². The molecule has 1 aromatic carbocycles. The summed E-state index contributed by atoms with van der Waals surface area (Å²) in [6.07, 6.45) is -0.114. The fourth-order valence-corrected chi connectivity index (χ4v) is 2.53. The van der Waals surface area contributed by atoms with Gasteiger partial charge in [-0.25, -0.2) is 4.79 Å². The van der Waals surface area contributed by atoms with Crippen LogP contribution in [-0.2, 0) is 24.5 Å². The summed E-state index contributed by atoms with van der Waals surface area (Å²) in [5.41, 5.74) is -0.252. The summed E-state index contributed by atoms with van der Waals surface area (Å²) in [6.45, 7) is 0. The highest BCUT2D eigenvalue weighted by Crippen LogP contribution is 2.23. The van der Waals surface area contributed by atoms with Gasteiger partial charge in [-0.15, -0.1) is 5.06 Å². The second kappa shape index (κ2) is 5.54. The monoisotopic (exact) mass is 377 g/mol. The van der Waals surface area contributed by atoms with Crippen LogP contribution < -0.4 is 0 Å². The normalized spacial score (nSPS) is 15.4. The molecule has 0 spiro atoms. The Morgan fingerprint density at radius 3 is 2.33 bits per heavy atom. The number of benzene rings is 1. The van der Waals surface area contributed by atoms with Gasteiger partial charge in [0.15, 0.2) is 0 Å². The molecule has 0 saturated carbocycles. The van der Waals surface area contributed by atoms with Crippen molar-refractivity contribution in [2.75, 3.05) is 0 Å². The van der Waals surface area contributed by atoms with Gasteiger partial charge in [0, 0.05) is 17.3 Å². The Morgan fingerprint density at radius 2 is 1.81 bits per heavy atom. The minimum atomic E-state index is -4.50. The number of nitrogens with zero attached hydrogens (tertiary/aromatic N) is 1. The highest BCUT2D eigenvalue weighted by molar-refractivity contribution is 9.10. The summed E-state index contributed by atoms with van der Waals surface area (Å²) in [5, 5.41) is 0.342. The molecule has 0 radical (unpaired) electrons. The number of hydrogen-bond acceptors (Lipinski definition) is 6. The van der Waals surface area contributed by atoms with Crippen LogP contribution in [0.4, 0.5) is 0 Å². The molecular weight excluding hydrogens is 370 g/mol. The largest absolute Gasteiger partial charge is 0.365 e. The molecule has 1 heterocycles. The van der Waals surface area contributed by atoms with E-state index in [1.807, 2.05) is 0 Å². The van der Waals surface area contributed by atoms with Crippen molar-refractivity contribution in [1.29, 1.82) is 0 Å². The van der Waals surface area contributed by atoms with Crippen molar-refractivity contribution in [3.05, 3.63) is 28.2 Å². The molecule has 1 fully saturated rings. The maximum absolute atomic E-state index is 11.9. The number of halogens is 1. The van der Waals surface area contributed by atoms with Gasteiger partial charge in [-0.05, 0) is 34.1 Å². The van der Waals surface area contributed by atoms with Gasteiger partial charge in [-0.3, -0.25) is 14.1 Å².